The molecule has 0 bridgehead atoms. The van der Waals surface area contributed by atoms with Gasteiger partial charge in [-0.15, -0.1) is 11.3 Å². The molecule has 1 aliphatic rings. The van der Waals surface area contributed by atoms with Crippen molar-refractivity contribution in [2.75, 3.05) is 0 Å². The first-order valence-electron chi connectivity index (χ1n) is 7.01. The average Bonchev–Trinajstić information content (AvgIpc) is 2.96. The minimum absolute atomic E-state index is 0.0763. The van der Waals surface area contributed by atoms with Crippen molar-refractivity contribution in [3.63, 3.8) is 0 Å². The topological polar surface area (TPSA) is 68.0 Å². The molecule has 1 atom stereocenters. The summed E-state index contributed by atoms with van der Waals surface area (Å²) in [5.41, 5.74) is 6.53. The molecule has 0 aliphatic heterocycles. The molecule has 0 radical (unpaired) electrons. The maximum absolute atomic E-state index is 12.1. The van der Waals surface area contributed by atoms with E-state index in [1.54, 1.807) is 11.3 Å². The van der Waals surface area contributed by atoms with Gasteiger partial charge in [-0.3, -0.25) is 4.79 Å². The first-order chi connectivity index (χ1) is 9.02. The molecule has 2 rings (SSSR count). The molecule has 106 valence electrons. The Bertz CT molecular complexity index is 436. The van der Waals surface area contributed by atoms with Crippen LogP contribution in [0.5, 0.6) is 0 Å². The molecule has 1 aromatic heterocycles. The van der Waals surface area contributed by atoms with Crippen LogP contribution in [0, 0.1) is 6.92 Å². The number of aromatic nitrogens is 1. The molecule has 19 heavy (non-hydrogen) atoms. The second kappa shape index (κ2) is 6.01. The highest BCUT2D eigenvalue weighted by Crippen LogP contribution is 2.40. The predicted molar refractivity (Wildman–Crippen MR) is 78.0 cm³/mol. The van der Waals surface area contributed by atoms with Gasteiger partial charge in [-0.1, -0.05) is 12.8 Å². The molecular weight excluding hydrogens is 258 g/mol. The second-order valence-electron chi connectivity index (χ2n) is 5.65. The summed E-state index contributed by atoms with van der Waals surface area (Å²) < 4.78 is 0. The van der Waals surface area contributed by atoms with E-state index >= 15 is 0 Å². The molecule has 1 aromatic rings. The molecular formula is C14H23N3OS. The average molecular weight is 281 g/mol. The van der Waals surface area contributed by atoms with Gasteiger partial charge in [-0.05, 0) is 33.1 Å². The number of hydrogen-bond donors (Lipinski definition) is 2. The van der Waals surface area contributed by atoms with Crippen LogP contribution in [-0.2, 0) is 10.3 Å². The normalized spacial score (nSPS) is 19.3. The van der Waals surface area contributed by atoms with Crippen molar-refractivity contribution < 1.29 is 4.79 Å². The highest BCUT2D eigenvalue weighted by molar-refractivity contribution is 7.09. The van der Waals surface area contributed by atoms with Gasteiger partial charge in [0.15, 0.2) is 0 Å². The minimum Gasteiger partial charge on any atom is -0.344 e. The van der Waals surface area contributed by atoms with Gasteiger partial charge < -0.3 is 11.1 Å². The van der Waals surface area contributed by atoms with Crippen molar-refractivity contribution in [1.82, 2.24) is 10.3 Å². The molecule has 1 unspecified atom stereocenters. The fourth-order valence-electron chi connectivity index (χ4n) is 2.63. The van der Waals surface area contributed by atoms with Crippen molar-refractivity contribution in [2.24, 2.45) is 5.73 Å². The van der Waals surface area contributed by atoms with E-state index in [4.69, 9.17) is 5.73 Å². The first kappa shape index (κ1) is 14.5. The largest absolute Gasteiger partial charge is 0.344 e. The lowest BCUT2D eigenvalue weighted by Gasteiger charge is -2.28. The quantitative estimate of drug-likeness (QED) is 0.871. The number of nitrogens with one attached hydrogen (secondary N) is 1. The third-order valence-electron chi connectivity index (χ3n) is 3.69. The highest BCUT2D eigenvalue weighted by Gasteiger charge is 2.39. The fourth-order valence-corrected chi connectivity index (χ4v) is 3.65. The standard InChI is InChI=1S/C14H23N3OS/c1-10(15)5-6-12(18)17-14(7-3-4-8-14)13-16-11(2)9-19-13/h9-10H,3-8,15H2,1-2H3,(H,17,18). The fraction of sp³-hybridized carbons (Fsp3) is 0.714. The Labute approximate surface area is 118 Å². The molecule has 3 N–H and O–H groups in total. The van der Waals surface area contributed by atoms with Gasteiger partial charge in [0.1, 0.15) is 5.01 Å². The minimum atomic E-state index is -0.214. The number of carbonyl (C=O) groups excluding carboxylic acids is 1. The van der Waals surface area contributed by atoms with Crippen molar-refractivity contribution in [2.45, 2.75) is 64.0 Å². The van der Waals surface area contributed by atoms with Gasteiger partial charge in [0.05, 0.1) is 5.54 Å². The third kappa shape index (κ3) is 3.54. The predicted octanol–water partition coefficient (Wildman–Crippen LogP) is 2.46. The lowest BCUT2D eigenvalue weighted by molar-refractivity contribution is -0.123. The number of thiazole rings is 1. The molecule has 1 fully saturated rings. The molecule has 0 aromatic carbocycles. The van der Waals surface area contributed by atoms with Crippen molar-refractivity contribution in [1.29, 1.82) is 0 Å². The Hall–Kier alpha value is -0.940. The van der Waals surface area contributed by atoms with Crippen molar-refractivity contribution in [3.8, 4) is 0 Å². The van der Waals surface area contributed by atoms with E-state index < -0.39 is 0 Å². The van der Waals surface area contributed by atoms with E-state index in [2.05, 4.69) is 15.7 Å². The van der Waals surface area contributed by atoms with E-state index in [1.807, 2.05) is 13.8 Å². The van der Waals surface area contributed by atoms with E-state index in [0.29, 0.717) is 6.42 Å². The van der Waals surface area contributed by atoms with Crippen LogP contribution >= 0.6 is 11.3 Å². The van der Waals surface area contributed by atoms with Gasteiger partial charge in [0.2, 0.25) is 5.91 Å². The summed E-state index contributed by atoms with van der Waals surface area (Å²) in [6.07, 6.45) is 5.56. The van der Waals surface area contributed by atoms with Crippen molar-refractivity contribution >= 4 is 17.2 Å². The van der Waals surface area contributed by atoms with Crippen LogP contribution in [0.4, 0.5) is 0 Å². The summed E-state index contributed by atoms with van der Waals surface area (Å²) in [5, 5.41) is 6.36. The highest BCUT2D eigenvalue weighted by atomic mass is 32.1. The lowest BCUT2D eigenvalue weighted by Crippen LogP contribution is -2.44. The first-order valence-corrected chi connectivity index (χ1v) is 7.89. The van der Waals surface area contributed by atoms with Crippen LogP contribution in [0.25, 0.3) is 0 Å². The van der Waals surface area contributed by atoms with Crippen molar-refractivity contribution in [3.05, 3.63) is 16.1 Å². The molecule has 0 spiro atoms. The van der Waals surface area contributed by atoms with Crippen LogP contribution in [0.1, 0.15) is 56.2 Å². The summed E-state index contributed by atoms with van der Waals surface area (Å²) in [6.45, 7) is 3.93. The number of aryl methyl sites for hydroxylation is 1. The Kier molecular flexibility index (Phi) is 4.58. The van der Waals surface area contributed by atoms with E-state index in [-0.39, 0.29) is 17.5 Å². The number of nitrogens with zero attached hydrogens (tertiary/aromatic N) is 1. The molecule has 4 nitrogen and oxygen atoms in total. The smallest absolute Gasteiger partial charge is 0.220 e. The Morgan fingerprint density at radius 2 is 2.26 bits per heavy atom. The summed E-state index contributed by atoms with van der Waals surface area (Å²) >= 11 is 1.66. The zero-order valence-corrected chi connectivity index (χ0v) is 12.6. The Morgan fingerprint density at radius 3 is 2.79 bits per heavy atom. The van der Waals surface area contributed by atoms with Crippen LogP contribution < -0.4 is 11.1 Å². The number of rotatable bonds is 5. The summed E-state index contributed by atoms with van der Waals surface area (Å²) in [7, 11) is 0. The molecule has 1 heterocycles. The maximum Gasteiger partial charge on any atom is 0.220 e. The summed E-state index contributed by atoms with van der Waals surface area (Å²) in [5.74, 6) is 0.104. The van der Waals surface area contributed by atoms with Crippen LogP contribution in [-0.4, -0.2) is 16.9 Å². The third-order valence-corrected chi connectivity index (χ3v) is 4.86. The zero-order valence-electron chi connectivity index (χ0n) is 11.7. The Morgan fingerprint density at radius 1 is 1.58 bits per heavy atom. The van der Waals surface area contributed by atoms with Gasteiger partial charge in [0, 0.05) is 23.5 Å². The van der Waals surface area contributed by atoms with E-state index in [1.165, 1.54) is 0 Å². The Balaban J connectivity index is 2.06. The number of nitrogens with two attached hydrogens (primary N) is 1. The van der Waals surface area contributed by atoms with Crippen LogP contribution in [0.3, 0.4) is 0 Å². The summed E-state index contributed by atoms with van der Waals surface area (Å²) in [6, 6.07) is 0.0763. The lowest BCUT2D eigenvalue weighted by atomic mass is 9.98. The molecule has 1 amide bonds. The van der Waals surface area contributed by atoms with E-state index in [0.717, 1.165) is 42.8 Å². The van der Waals surface area contributed by atoms with Gasteiger partial charge in [0.25, 0.3) is 0 Å². The van der Waals surface area contributed by atoms with Crippen LogP contribution in [0.15, 0.2) is 5.38 Å². The molecule has 1 aliphatic carbocycles. The van der Waals surface area contributed by atoms with Gasteiger partial charge >= 0.3 is 0 Å². The van der Waals surface area contributed by atoms with Gasteiger partial charge in [-0.2, -0.15) is 0 Å². The van der Waals surface area contributed by atoms with Gasteiger partial charge in [-0.25, -0.2) is 4.98 Å². The number of carbonyl (C=O) groups is 1. The number of hydrogen-bond acceptors (Lipinski definition) is 4. The molecule has 5 heteroatoms. The summed E-state index contributed by atoms with van der Waals surface area (Å²) in [4.78, 5) is 16.7. The van der Waals surface area contributed by atoms with Crippen LogP contribution in [0.2, 0.25) is 0 Å². The monoisotopic (exact) mass is 281 g/mol. The zero-order chi connectivity index (χ0) is 13.9. The number of amides is 1. The maximum atomic E-state index is 12.1. The molecule has 0 saturated heterocycles. The van der Waals surface area contributed by atoms with E-state index in [9.17, 15) is 4.79 Å². The SMILES string of the molecule is Cc1csc(C2(NC(=O)CCC(C)N)CCCC2)n1. The second-order valence-corrected chi connectivity index (χ2v) is 6.51. The molecule has 1 saturated carbocycles.